The predicted octanol–water partition coefficient (Wildman–Crippen LogP) is 0.339. The van der Waals surface area contributed by atoms with Crippen molar-refractivity contribution in [2.75, 3.05) is 26.2 Å². The van der Waals surface area contributed by atoms with Crippen molar-refractivity contribution >= 4 is 5.91 Å². The fraction of sp³-hybridized carbons (Fsp3) is 0.923. The molecule has 1 heterocycles. The number of nitrogens with zero attached hydrogens (tertiary/aromatic N) is 1. The molecule has 3 rings (SSSR count). The largest absolute Gasteiger partial charge is 0.352 e. The van der Waals surface area contributed by atoms with Gasteiger partial charge in [0.1, 0.15) is 0 Å². The van der Waals surface area contributed by atoms with E-state index in [2.05, 4.69) is 15.5 Å². The Balaban J connectivity index is 1.27. The zero-order valence-corrected chi connectivity index (χ0v) is 10.5. The molecular formula is C13H23N3O. The first-order valence-corrected chi connectivity index (χ1v) is 7.05. The smallest absolute Gasteiger partial charge is 0.234 e. The minimum Gasteiger partial charge on any atom is -0.352 e. The molecule has 4 nitrogen and oxygen atoms in total. The van der Waals surface area contributed by atoms with Gasteiger partial charge in [-0.05, 0) is 51.1 Å². The zero-order valence-electron chi connectivity index (χ0n) is 10.5. The lowest BCUT2D eigenvalue weighted by Gasteiger charge is -2.15. The molecule has 0 aromatic carbocycles. The number of hydrogen-bond acceptors (Lipinski definition) is 3. The summed E-state index contributed by atoms with van der Waals surface area (Å²) in [6.45, 7) is 4.00. The SMILES string of the molecule is O=C(CNCC1CCN(C2CC2)C1)NC1CC1. The molecule has 1 unspecified atom stereocenters. The van der Waals surface area contributed by atoms with Gasteiger partial charge < -0.3 is 15.5 Å². The number of hydrogen-bond donors (Lipinski definition) is 2. The third-order valence-electron chi connectivity index (χ3n) is 4.04. The lowest BCUT2D eigenvalue weighted by molar-refractivity contribution is -0.120. The van der Waals surface area contributed by atoms with Crippen molar-refractivity contribution < 1.29 is 4.79 Å². The van der Waals surface area contributed by atoms with Crippen LogP contribution < -0.4 is 10.6 Å². The maximum Gasteiger partial charge on any atom is 0.234 e. The van der Waals surface area contributed by atoms with Crippen LogP contribution in [-0.2, 0) is 4.79 Å². The third kappa shape index (κ3) is 3.42. The van der Waals surface area contributed by atoms with Gasteiger partial charge in [0, 0.05) is 18.6 Å². The molecule has 2 aliphatic carbocycles. The summed E-state index contributed by atoms with van der Waals surface area (Å²) in [4.78, 5) is 14.1. The van der Waals surface area contributed by atoms with Crippen molar-refractivity contribution in [3.63, 3.8) is 0 Å². The summed E-state index contributed by atoms with van der Waals surface area (Å²) in [5, 5.41) is 6.31. The van der Waals surface area contributed by atoms with E-state index in [0.717, 1.165) is 18.5 Å². The van der Waals surface area contributed by atoms with Crippen LogP contribution in [0.1, 0.15) is 32.1 Å². The molecule has 17 heavy (non-hydrogen) atoms. The summed E-state index contributed by atoms with van der Waals surface area (Å²) in [7, 11) is 0. The summed E-state index contributed by atoms with van der Waals surface area (Å²) in [6.07, 6.45) is 6.46. The molecule has 0 aromatic heterocycles. The van der Waals surface area contributed by atoms with Gasteiger partial charge in [0.15, 0.2) is 0 Å². The van der Waals surface area contributed by atoms with Crippen LogP contribution in [0.3, 0.4) is 0 Å². The molecular weight excluding hydrogens is 214 g/mol. The summed E-state index contributed by atoms with van der Waals surface area (Å²) >= 11 is 0. The fourth-order valence-corrected chi connectivity index (χ4v) is 2.70. The van der Waals surface area contributed by atoms with Crippen LogP contribution in [0.5, 0.6) is 0 Å². The number of carbonyl (C=O) groups is 1. The lowest BCUT2D eigenvalue weighted by Crippen LogP contribution is -2.37. The monoisotopic (exact) mass is 237 g/mol. The Labute approximate surface area is 103 Å². The average molecular weight is 237 g/mol. The van der Waals surface area contributed by atoms with E-state index in [1.54, 1.807) is 0 Å². The van der Waals surface area contributed by atoms with Gasteiger partial charge in [0.2, 0.25) is 5.91 Å². The van der Waals surface area contributed by atoms with Gasteiger partial charge >= 0.3 is 0 Å². The molecule has 0 aromatic rings. The third-order valence-corrected chi connectivity index (χ3v) is 4.04. The van der Waals surface area contributed by atoms with E-state index >= 15 is 0 Å². The Morgan fingerprint density at radius 1 is 1.18 bits per heavy atom. The van der Waals surface area contributed by atoms with Gasteiger partial charge in [-0.2, -0.15) is 0 Å². The standard InChI is InChI=1S/C13H23N3O/c17-13(15-11-1-2-11)8-14-7-10-5-6-16(9-10)12-3-4-12/h10-12,14H,1-9H2,(H,15,17). The first-order valence-electron chi connectivity index (χ1n) is 7.05. The highest BCUT2D eigenvalue weighted by Crippen LogP contribution is 2.31. The molecule has 1 aliphatic heterocycles. The van der Waals surface area contributed by atoms with E-state index in [9.17, 15) is 4.79 Å². The summed E-state index contributed by atoms with van der Waals surface area (Å²) < 4.78 is 0. The van der Waals surface area contributed by atoms with E-state index < -0.39 is 0 Å². The van der Waals surface area contributed by atoms with Crippen LogP contribution in [0, 0.1) is 5.92 Å². The minimum atomic E-state index is 0.171. The van der Waals surface area contributed by atoms with Crippen molar-refractivity contribution in [3.05, 3.63) is 0 Å². The first kappa shape index (κ1) is 11.5. The Bertz CT molecular complexity index is 286. The molecule has 1 atom stereocenters. The number of nitrogens with one attached hydrogen (secondary N) is 2. The Morgan fingerprint density at radius 2 is 2.00 bits per heavy atom. The summed E-state index contributed by atoms with van der Waals surface area (Å²) in [5.74, 6) is 0.925. The highest BCUT2D eigenvalue weighted by Gasteiger charge is 2.34. The fourth-order valence-electron chi connectivity index (χ4n) is 2.70. The molecule has 3 fully saturated rings. The van der Waals surface area contributed by atoms with Crippen molar-refractivity contribution in [3.8, 4) is 0 Å². The topological polar surface area (TPSA) is 44.4 Å². The minimum absolute atomic E-state index is 0.171. The predicted molar refractivity (Wildman–Crippen MR) is 66.7 cm³/mol. The molecule has 0 spiro atoms. The van der Waals surface area contributed by atoms with E-state index in [1.807, 2.05) is 0 Å². The quantitative estimate of drug-likeness (QED) is 0.700. The Morgan fingerprint density at radius 3 is 2.71 bits per heavy atom. The van der Waals surface area contributed by atoms with E-state index in [1.165, 1.54) is 45.2 Å². The van der Waals surface area contributed by atoms with Crippen LogP contribution in [-0.4, -0.2) is 49.1 Å². The molecule has 0 bridgehead atoms. The molecule has 2 saturated carbocycles. The van der Waals surface area contributed by atoms with Gasteiger partial charge in [-0.25, -0.2) is 0 Å². The normalized spacial score (nSPS) is 29.5. The van der Waals surface area contributed by atoms with Gasteiger partial charge in [-0.15, -0.1) is 0 Å². The summed E-state index contributed by atoms with van der Waals surface area (Å²) in [5.41, 5.74) is 0. The molecule has 0 radical (unpaired) electrons. The van der Waals surface area contributed by atoms with Gasteiger partial charge in [-0.3, -0.25) is 4.79 Å². The van der Waals surface area contributed by atoms with E-state index in [4.69, 9.17) is 0 Å². The number of carbonyl (C=O) groups excluding carboxylic acids is 1. The molecule has 96 valence electrons. The highest BCUT2D eigenvalue weighted by molar-refractivity contribution is 5.78. The maximum absolute atomic E-state index is 11.5. The highest BCUT2D eigenvalue weighted by atomic mass is 16.2. The van der Waals surface area contributed by atoms with Gasteiger partial charge in [-0.1, -0.05) is 0 Å². The van der Waals surface area contributed by atoms with Crippen LogP contribution >= 0.6 is 0 Å². The molecule has 3 aliphatic rings. The van der Waals surface area contributed by atoms with Crippen molar-refractivity contribution in [1.82, 2.24) is 15.5 Å². The number of amides is 1. The average Bonchev–Trinajstić information content (AvgIpc) is 3.21. The van der Waals surface area contributed by atoms with Crippen molar-refractivity contribution in [2.45, 2.75) is 44.2 Å². The second kappa shape index (κ2) is 4.94. The molecule has 1 amide bonds. The van der Waals surface area contributed by atoms with E-state index in [-0.39, 0.29) is 5.91 Å². The van der Waals surface area contributed by atoms with E-state index in [0.29, 0.717) is 12.6 Å². The maximum atomic E-state index is 11.5. The van der Waals surface area contributed by atoms with Crippen LogP contribution in [0.2, 0.25) is 0 Å². The Kier molecular flexibility index (Phi) is 3.34. The van der Waals surface area contributed by atoms with Crippen LogP contribution in [0.4, 0.5) is 0 Å². The second-order valence-electron chi connectivity index (χ2n) is 5.85. The van der Waals surface area contributed by atoms with Crippen molar-refractivity contribution in [1.29, 1.82) is 0 Å². The lowest BCUT2D eigenvalue weighted by atomic mass is 10.1. The van der Waals surface area contributed by atoms with Crippen LogP contribution in [0.25, 0.3) is 0 Å². The Hall–Kier alpha value is -0.610. The van der Waals surface area contributed by atoms with Crippen LogP contribution in [0.15, 0.2) is 0 Å². The number of likely N-dealkylation sites (tertiary alicyclic amines) is 1. The van der Waals surface area contributed by atoms with Crippen molar-refractivity contribution in [2.24, 2.45) is 5.92 Å². The molecule has 1 saturated heterocycles. The first-order chi connectivity index (χ1) is 8.31. The number of rotatable bonds is 6. The van der Waals surface area contributed by atoms with Gasteiger partial charge in [0.05, 0.1) is 6.54 Å². The summed E-state index contributed by atoms with van der Waals surface area (Å²) in [6, 6.07) is 1.39. The molecule has 4 heteroatoms. The zero-order chi connectivity index (χ0) is 11.7. The second-order valence-corrected chi connectivity index (χ2v) is 5.85. The molecule has 2 N–H and O–H groups in total. The van der Waals surface area contributed by atoms with Gasteiger partial charge in [0.25, 0.3) is 0 Å².